The van der Waals surface area contributed by atoms with Gasteiger partial charge in [0.15, 0.2) is 12.6 Å². The van der Waals surface area contributed by atoms with Gasteiger partial charge in [-0.15, -0.1) is 0 Å². The average Bonchev–Trinajstić information content (AvgIpc) is 2.91. The molecule has 0 aromatic carbocycles. The van der Waals surface area contributed by atoms with Gasteiger partial charge in [-0.25, -0.2) is 5.48 Å². The number of hydrogen-bond donors (Lipinski definition) is 7. The van der Waals surface area contributed by atoms with Crippen molar-refractivity contribution in [1.82, 2.24) is 10.5 Å². The molecule has 3 rings (SSSR count). The van der Waals surface area contributed by atoms with E-state index in [1.807, 2.05) is 12.1 Å². The highest BCUT2D eigenvalue weighted by Gasteiger charge is 2.51. The highest BCUT2D eigenvalue weighted by atomic mass is 16.7. The summed E-state index contributed by atoms with van der Waals surface area (Å²) >= 11 is 0. The Labute approximate surface area is 227 Å². The van der Waals surface area contributed by atoms with E-state index in [9.17, 15) is 30.6 Å². The van der Waals surface area contributed by atoms with Crippen molar-refractivity contribution in [2.75, 3.05) is 26.4 Å². The first-order chi connectivity index (χ1) is 18.6. The van der Waals surface area contributed by atoms with Gasteiger partial charge >= 0.3 is 0 Å². The Morgan fingerprint density at radius 3 is 2.21 bits per heavy atom. The number of nitrogens with zero attached hydrogens (tertiary/aromatic N) is 1. The van der Waals surface area contributed by atoms with Crippen LogP contribution >= 0.6 is 0 Å². The lowest BCUT2D eigenvalue weighted by Crippen LogP contribution is -2.65. The summed E-state index contributed by atoms with van der Waals surface area (Å²) in [6.07, 6.45) is -9.78. The molecule has 0 radical (unpaired) electrons. The summed E-state index contributed by atoms with van der Waals surface area (Å²) in [5.74, 6) is 0. The predicted molar refractivity (Wildman–Crippen MR) is 133 cm³/mol. The molecule has 0 bridgehead atoms. The topological polar surface area (TPSA) is 202 Å². The number of ether oxygens (including phenoxy) is 5. The Kier molecular flexibility index (Phi) is 12.4. The van der Waals surface area contributed by atoms with Crippen molar-refractivity contribution >= 4 is 0 Å². The molecule has 4 unspecified atom stereocenters. The van der Waals surface area contributed by atoms with Crippen LogP contribution in [0.3, 0.4) is 0 Å². The van der Waals surface area contributed by atoms with Crippen molar-refractivity contribution in [3.63, 3.8) is 0 Å². The molecule has 1 aromatic heterocycles. The quantitative estimate of drug-likeness (QED) is 0.102. The van der Waals surface area contributed by atoms with Crippen LogP contribution in [-0.2, 0) is 35.1 Å². The van der Waals surface area contributed by atoms with E-state index in [2.05, 4.69) is 10.5 Å². The van der Waals surface area contributed by atoms with Crippen molar-refractivity contribution in [1.29, 1.82) is 0 Å². The third-order valence-corrected chi connectivity index (χ3v) is 6.19. The summed E-state index contributed by atoms with van der Waals surface area (Å²) in [7, 11) is 0. The Morgan fingerprint density at radius 2 is 1.56 bits per heavy atom. The van der Waals surface area contributed by atoms with Gasteiger partial charge in [-0.2, -0.15) is 0 Å². The van der Waals surface area contributed by atoms with Crippen LogP contribution in [0.1, 0.15) is 32.8 Å². The number of aliphatic hydroxyl groups is 6. The van der Waals surface area contributed by atoms with E-state index in [4.69, 9.17) is 28.5 Å². The number of rotatable bonds is 13. The molecular formula is C25H42N2O12. The Hall–Kier alpha value is -1.37. The first kappa shape index (κ1) is 32.1. The number of hydroxylamine groups is 1. The maximum absolute atomic E-state index is 10.7. The second-order valence-corrected chi connectivity index (χ2v) is 10.5. The van der Waals surface area contributed by atoms with Gasteiger partial charge < -0.3 is 54.3 Å². The lowest BCUT2D eigenvalue weighted by molar-refractivity contribution is -0.364. The largest absolute Gasteiger partial charge is 0.394 e. The first-order valence-corrected chi connectivity index (χ1v) is 13.0. The van der Waals surface area contributed by atoms with Gasteiger partial charge in [-0.1, -0.05) is 6.07 Å². The summed E-state index contributed by atoms with van der Waals surface area (Å²) in [5.41, 5.74) is 3.00. The van der Waals surface area contributed by atoms with Crippen LogP contribution in [0.15, 0.2) is 24.5 Å². The third kappa shape index (κ3) is 9.06. The van der Waals surface area contributed by atoms with Gasteiger partial charge in [-0.05, 0) is 38.8 Å². The molecule has 3 heterocycles. The lowest BCUT2D eigenvalue weighted by Gasteiger charge is -2.47. The molecule has 14 nitrogen and oxygen atoms in total. The molecule has 2 saturated heterocycles. The van der Waals surface area contributed by atoms with Crippen molar-refractivity contribution in [2.45, 2.75) is 101 Å². The minimum atomic E-state index is -1.62. The number of hydrogen-bond acceptors (Lipinski definition) is 14. The monoisotopic (exact) mass is 562 g/mol. The highest BCUT2D eigenvalue weighted by molar-refractivity contribution is 5.06. The molecule has 0 amide bonds. The van der Waals surface area contributed by atoms with Crippen LogP contribution in [0.5, 0.6) is 0 Å². The summed E-state index contributed by atoms with van der Waals surface area (Å²) in [5, 5.41) is 62.2. The number of aromatic nitrogens is 1. The Bertz CT molecular complexity index is 827. The summed E-state index contributed by atoms with van der Waals surface area (Å²) in [4.78, 5) is 9.34. The van der Waals surface area contributed by atoms with Crippen LogP contribution in [0.25, 0.3) is 0 Å². The van der Waals surface area contributed by atoms with Crippen LogP contribution < -0.4 is 5.48 Å². The number of aliphatic hydroxyl groups excluding tert-OH is 6. The van der Waals surface area contributed by atoms with E-state index in [0.29, 0.717) is 19.6 Å². The normalized spacial score (nSPS) is 35.7. The molecule has 0 aliphatic carbocycles. The summed E-state index contributed by atoms with van der Waals surface area (Å²) in [6.45, 7) is 5.01. The van der Waals surface area contributed by atoms with E-state index in [1.165, 1.54) is 0 Å². The van der Waals surface area contributed by atoms with E-state index < -0.39 is 80.2 Å². The van der Waals surface area contributed by atoms with Crippen molar-refractivity contribution < 1.29 is 59.2 Å². The summed E-state index contributed by atoms with van der Waals surface area (Å²) in [6, 6.07) is 3.69. The fourth-order valence-electron chi connectivity index (χ4n) is 4.27. The predicted octanol–water partition coefficient (Wildman–Crippen LogP) is -2.04. The first-order valence-electron chi connectivity index (χ1n) is 13.0. The van der Waals surface area contributed by atoms with Crippen molar-refractivity contribution in [3.8, 4) is 0 Å². The minimum Gasteiger partial charge on any atom is -0.394 e. The van der Waals surface area contributed by atoms with Crippen molar-refractivity contribution in [3.05, 3.63) is 30.1 Å². The molecule has 39 heavy (non-hydrogen) atoms. The fourth-order valence-corrected chi connectivity index (χ4v) is 4.27. The molecule has 1 aromatic rings. The van der Waals surface area contributed by atoms with E-state index in [0.717, 1.165) is 5.56 Å². The maximum atomic E-state index is 10.7. The van der Waals surface area contributed by atoms with Gasteiger partial charge in [0.2, 0.25) is 0 Å². The molecule has 0 spiro atoms. The second-order valence-electron chi connectivity index (χ2n) is 10.5. The zero-order valence-electron chi connectivity index (χ0n) is 22.4. The molecule has 2 aliphatic rings. The molecular weight excluding hydrogens is 520 g/mol. The summed E-state index contributed by atoms with van der Waals surface area (Å²) < 4.78 is 28.2. The average molecular weight is 563 g/mol. The smallest absolute Gasteiger partial charge is 0.187 e. The van der Waals surface area contributed by atoms with Crippen molar-refractivity contribution in [2.24, 2.45) is 0 Å². The van der Waals surface area contributed by atoms with Crippen LogP contribution in [-0.4, -0.2) is 129 Å². The highest BCUT2D eigenvalue weighted by Crippen LogP contribution is 2.31. The fraction of sp³-hybridized carbons (Fsp3) is 0.800. The number of nitrogens with one attached hydrogen (secondary N) is 1. The SMILES string of the molecule is CC(C)(C)O[C@H]1C(CO)O[C@@H](O[C@H]2C(CO)O[C@@H](OCCCNOCc3cccnc3)C(O)[C@@H]2O)C(O)[C@@H]1O. The van der Waals surface area contributed by atoms with E-state index in [1.54, 1.807) is 33.2 Å². The van der Waals surface area contributed by atoms with Crippen LogP contribution in [0, 0.1) is 0 Å². The maximum Gasteiger partial charge on any atom is 0.187 e. The van der Waals surface area contributed by atoms with Gasteiger partial charge in [0.25, 0.3) is 0 Å². The molecule has 7 N–H and O–H groups in total. The lowest BCUT2D eigenvalue weighted by atomic mass is 9.96. The molecule has 10 atom stereocenters. The number of pyridine rings is 1. The molecule has 14 heteroatoms. The van der Waals surface area contributed by atoms with Gasteiger partial charge in [0.05, 0.1) is 32.0 Å². The Morgan fingerprint density at radius 1 is 0.923 bits per heavy atom. The molecule has 2 fully saturated rings. The molecule has 224 valence electrons. The molecule has 2 aliphatic heterocycles. The van der Waals surface area contributed by atoms with Crippen LogP contribution in [0.2, 0.25) is 0 Å². The van der Waals surface area contributed by atoms with E-state index in [-0.39, 0.29) is 6.61 Å². The standard InChI is InChI=1S/C25H42N2O12/c1-25(2,3)39-22-16(12-29)37-24(20(33)18(22)31)38-21-15(11-28)36-23(19(32)17(21)30)34-9-5-8-27-35-13-14-6-4-7-26-10-14/h4,6-7,10,15-24,27-33H,5,8-9,11-13H2,1-3H3/t15?,16?,17-,18-,19?,20?,21-,22-,23+,24-/m0/s1. The van der Waals surface area contributed by atoms with E-state index >= 15 is 0 Å². The van der Waals surface area contributed by atoms with Gasteiger partial charge in [0.1, 0.15) is 48.8 Å². The second kappa shape index (κ2) is 15.0. The third-order valence-electron chi connectivity index (χ3n) is 6.19. The zero-order chi connectivity index (χ0) is 28.6. The zero-order valence-corrected chi connectivity index (χ0v) is 22.4. The van der Waals surface area contributed by atoms with Crippen LogP contribution in [0.4, 0.5) is 0 Å². The molecule has 0 saturated carbocycles. The minimum absolute atomic E-state index is 0.144. The van der Waals surface area contributed by atoms with Gasteiger partial charge in [-0.3, -0.25) is 9.82 Å². The van der Waals surface area contributed by atoms with Gasteiger partial charge in [0, 0.05) is 18.9 Å². The Balaban J connectivity index is 1.48.